The molecule has 0 aromatic carbocycles. The molecule has 3 nitrogen and oxygen atoms in total. The van der Waals surface area contributed by atoms with Crippen molar-refractivity contribution in [3.63, 3.8) is 0 Å². The van der Waals surface area contributed by atoms with Gasteiger partial charge in [0.2, 0.25) is 0 Å². The molecule has 1 N–H and O–H groups in total. The number of rotatable bonds is 6. The third kappa shape index (κ3) is 5.58. The monoisotopic (exact) mass is 200 g/mol. The van der Waals surface area contributed by atoms with Crippen LogP contribution in [-0.2, 0) is 4.74 Å². The Morgan fingerprint density at radius 2 is 2.21 bits per heavy atom. The fourth-order valence-corrected chi connectivity index (χ4v) is 1.77. The minimum atomic E-state index is 0.850. The molecule has 1 aliphatic heterocycles. The van der Waals surface area contributed by atoms with E-state index in [1.54, 1.807) is 0 Å². The molecule has 1 fully saturated rings. The first kappa shape index (κ1) is 12.0. The van der Waals surface area contributed by atoms with Crippen molar-refractivity contribution >= 4 is 0 Å². The van der Waals surface area contributed by atoms with Crippen LogP contribution in [0.5, 0.6) is 0 Å². The second-order valence-electron chi connectivity index (χ2n) is 4.42. The Morgan fingerprint density at radius 3 is 2.86 bits per heavy atom. The quantitative estimate of drug-likeness (QED) is 0.646. The van der Waals surface area contributed by atoms with E-state index in [9.17, 15) is 0 Å². The lowest BCUT2D eigenvalue weighted by atomic mass is 9.97. The van der Waals surface area contributed by atoms with Crippen molar-refractivity contribution in [2.45, 2.75) is 19.3 Å². The molecule has 1 aliphatic rings. The van der Waals surface area contributed by atoms with Gasteiger partial charge in [-0.15, -0.1) is 0 Å². The van der Waals surface area contributed by atoms with E-state index >= 15 is 0 Å². The summed E-state index contributed by atoms with van der Waals surface area (Å²) >= 11 is 0. The van der Waals surface area contributed by atoms with Gasteiger partial charge in [-0.3, -0.25) is 0 Å². The van der Waals surface area contributed by atoms with Gasteiger partial charge in [0.25, 0.3) is 0 Å². The van der Waals surface area contributed by atoms with Gasteiger partial charge in [0.05, 0.1) is 6.61 Å². The topological polar surface area (TPSA) is 24.5 Å². The molecule has 1 heterocycles. The van der Waals surface area contributed by atoms with Crippen molar-refractivity contribution in [1.82, 2.24) is 10.2 Å². The molecule has 1 rings (SSSR count). The van der Waals surface area contributed by atoms with E-state index in [0.29, 0.717) is 0 Å². The molecule has 0 aliphatic carbocycles. The molecule has 0 amide bonds. The normalized spacial score (nSPS) is 22.9. The van der Waals surface area contributed by atoms with Crippen LogP contribution in [0, 0.1) is 5.92 Å². The van der Waals surface area contributed by atoms with Crippen LogP contribution in [0.15, 0.2) is 0 Å². The van der Waals surface area contributed by atoms with E-state index in [-0.39, 0.29) is 0 Å². The number of hydrogen-bond donors (Lipinski definition) is 1. The fraction of sp³-hybridized carbons (Fsp3) is 1.00. The SMILES string of the molecule is CN(C)CCOCCC1CCCNC1. The second kappa shape index (κ2) is 7.21. The molecule has 1 saturated heterocycles. The van der Waals surface area contributed by atoms with Crippen LogP contribution in [0.25, 0.3) is 0 Å². The Labute approximate surface area is 87.8 Å². The van der Waals surface area contributed by atoms with E-state index in [0.717, 1.165) is 25.7 Å². The van der Waals surface area contributed by atoms with Crippen molar-refractivity contribution in [3.05, 3.63) is 0 Å². The number of nitrogens with one attached hydrogen (secondary N) is 1. The first-order valence-electron chi connectivity index (χ1n) is 5.72. The van der Waals surface area contributed by atoms with Gasteiger partial charge in [-0.25, -0.2) is 0 Å². The number of ether oxygens (including phenoxy) is 1. The molecular formula is C11H24N2O. The van der Waals surface area contributed by atoms with Gasteiger partial charge in [0.1, 0.15) is 0 Å². The minimum absolute atomic E-state index is 0.850. The zero-order chi connectivity index (χ0) is 10.2. The largest absolute Gasteiger partial charge is 0.380 e. The summed E-state index contributed by atoms with van der Waals surface area (Å²) in [7, 11) is 4.16. The van der Waals surface area contributed by atoms with Crippen molar-refractivity contribution in [2.75, 3.05) is 46.9 Å². The van der Waals surface area contributed by atoms with E-state index in [1.165, 1.54) is 32.4 Å². The zero-order valence-corrected chi connectivity index (χ0v) is 9.59. The van der Waals surface area contributed by atoms with Crippen LogP contribution < -0.4 is 5.32 Å². The highest BCUT2D eigenvalue weighted by atomic mass is 16.5. The molecular weight excluding hydrogens is 176 g/mol. The Bertz CT molecular complexity index is 133. The summed E-state index contributed by atoms with van der Waals surface area (Å²) in [6.07, 6.45) is 3.94. The van der Waals surface area contributed by atoms with Gasteiger partial charge in [0.15, 0.2) is 0 Å². The summed E-state index contributed by atoms with van der Waals surface area (Å²) in [5.74, 6) is 0.850. The molecule has 0 aromatic heterocycles. The molecule has 0 spiro atoms. The predicted molar refractivity (Wildman–Crippen MR) is 59.6 cm³/mol. The van der Waals surface area contributed by atoms with Gasteiger partial charge in [-0.1, -0.05) is 0 Å². The standard InChI is InChI=1S/C11H24N2O/c1-13(2)7-9-14-8-5-11-4-3-6-12-10-11/h11-12H,3-10H2,1-2H3. The highest BCUT2D eigenvalue weighted by Gasteiger charge is 2.11. The first-order valence-corrected chi connectivity index (χ1v) is 5.72. The smallest absolute Gasteiger partial charge is 0.0593 e. The Kier molecular flexibility index (Phi) is 6.15. The van der Waals surface area contributed by atoms with Crippen LogP contribution in [0.2, 0.25) is 0 Å². The van der Waals surface area contributed by atoms with Gasteiger partial charge in [0, 0.05) is 13.2 Å². The van der Waals surface area contributed by atoms with Crippen molar-refractivity contribution in [1.29, 1.82) is 0 Å². The van der Waals surface area contributed by atoms with Crippen molar-refractivity contribution in [2.24, 2.45) is 5.92 Å². The predicted octanol–water partition coefficient (Wildman–Crippen LogP) is 0.954. The molecule has 3 heteroatoms. The minimum Gasteiger partial charge on any atom is -0.380 e. The molecule has 84 valence electrons. The van der Waals surface area contributed by atoms with Gasteiger partial charge >= 0.3 is 0 Å². The lowest BCUT2D eigenvalue weighted by molar-refractivity contribution is 0.102. The summed E-state index contributed by atoms with van der Waals surface area (Å²) < 4.78 is 5.58. The Balaban J connectivity index is 1.87. The summed E-state index contributed by atoms with van der Waals surface area (Å²) in [6, 6.07) is 0. The first-order chi connectivity index (χ1) is 6.79. The molecule has 0 aromatic rings. The lowest BCUT2D eigenvalue weighted by Crippen LogP contribution is -2.30. The molecule has 1 unspecified atom stereocenters. The third-order valence-electron chi connectivity index (χ3n) is 2.75. The molecule has 14 heavy (non-hydrogen) atoms. The highest BCUT2D eigenvalue weighted by Crippen LogP contribution is 2.13. The van der Waals surface area contributed by atoms with Crippen molar-refractivity contribution in [3.8, 4) is 0 Å². The Morgan fingerprint density at radius 1 is 1.36 bits per heavy atom. The van der Waals surface area contributed by atoms with E-state index in [4.69, 9.17) is 4.74 Å². The van der Waals surface area contributed by atoms with Gasteiger partial charge in [-0.2, -0.15) is 0 Å². The van der Waals surface area contributed by atoms with Crippen molar-refractivity contribution < 1.29 is 4.74 Å². The number of piperidine rings is 1. The maximum Gasteiger partial charge on any atom is 0.0593 e. The van der Waals surface area contributed by atoms with Crippen LogP contribution in [0.3, 0.4) is 0 Å². The molecule has 0 radical (unpaired) electrons. The zero-order valence-electron chi connectivity index (χ0n) is 9.59. The number of hydrogen-bond acceptors (Lipinski definition) is 3. The van der Waals surface area contributed by atoms with Crippen LogP contribution >= 0.6 is 0 Å². The summed E-state index contributed by atoms with van der Waals surface area (Å²) in [4.78, 5) is 2.15. The summed E-state index contributed by atoms with van der Waals surface area (Å²) in [6.45, 7) is 5.23. The molecule has 0 bridgehead atoms. The van der Waals surface area contributed by atoms with E-state index in [2.05, 4.69) is 24.3 Å². The molecule has 1 atom stereocenters. The highest BCUT2D eigenvalue weighted by molar-refractivity contribution is 4.68. The van der Waals surface area contributed by atoms with Gasteiger partial charge < -0.3 is 15.0 Å². The summed E-state index contributed by atoms with van der Waals surface area (Å²) in [5.41, 5.74) is 0. The second-order valence-corrected chi connectivity index (χ2v) is 4.42. The van der Waals surface area contributed by atoms with E-state index < -0.39 is 0 Å². The maximum atomic E-state index is 5.58. The average Bonchev–Trinajstić information content (AvgIpc) is 2.18. The molecule has 0 saturated carbocycles. The lowest BCUT2D eigenvalue weighted by Gasteiger charge is -2.22. The van der Waals surface area contributed by atoms with Crippen LogP contribution in [0.4, 0.5) is 0 Å². The van der Waals surface area contributed by atoms with Crippen LogP contribution in [-0.4, -0.2) is 51.8 Å². The Hall–Kier alpha value is -0.120. The van der Waals surface area contributed by atoms with E-state index in [1.807, 2.05) is 0 Å². The van der Waals surface area contributed by atoms with Gasteiger partial charge in [-0.05, 0) is 52.4 Å². The number of likely N-dealkylation sites (N-methyl/N-ethyl adjacent to an activating group) is 1. The average molecular weight is 200 g/mol. The maximum absolute atomic E-state index is 5.58. The van der Waals surface area contributed by atoms with Crippen LogP contribution in [0.1, 0.15) is 19.3 Å². The third-order valence-corrected chi connectivity index (χ3v) is 2.75. The summed E-state index contributed by atoms with van der Waals surface area (Å²) in [5, 5.41) is 3.43. The fourth-order valence-electron chi connectivity index (χ4n) is 1.77. The number of nitrogens with zero attached hydrogens (tertiary/aromatic N) is 1.